The van der Waals surface area contributed by atoms with Crippen molar-refractivity contribution >= 4 is 23.3 Å². The SMILES string of the molecule is CC(=O)NC1C(=O)N=C(C)N1c1ccccc1. The van der Waals surface area contributed by atoms with Gasteiger partial charge in [-0.3, -0.25) is 9.59 Å². The molecule has 1 N–H and O–H groups in total. The highest BCUT2D eigenvalue weighted by Crippen LogP contribution is 2.21. The summed E-state index contributed by atoms with van der Waals surface area (Å²) < 4.78 is 0. The van der Waals surface area contributed by atoms with Gasteiger partial charge < -0.3 is 10.2 Å². The predicted molar refractivity (Wildman–Crippen MR) is 64.6 cm³/mol. The van der Waals surface area contributed by atoms with Gasteiger partial charge in [0.15, 0.2) is 6.17 Å². The lowest BCUT2D eigenvalue weighted by molar-refractivity contribution is -0.125. The van der Waals surface area contributed by atoms with Crippen LogP contribution in [0.4, 0.5) is 5.69 Å². The monoisotopic (exact) mass is 231 g/mol. The van der Waals surface area contributed by atoms with Gasteiger partial charge in [-0.1, -0.05) is 18.2 Å². The molecule has 0 spiro atoms. The fraction of sp³-hybridized carbons (Fsp3) is 0.250. The zero-order chi connectivity index (χ0) is 12.4. The van der Waals surface area contributed by atoms with Crippen molar-refractivity contribution in [1.29, 1.82) is 0 Å². The van der Waals surface area contributed by atoms with Gasteiger partial charge >= 0.3 is 0 Å². The summed E-state index contributed by atoms with van der Waals surface area (Å²) in [6.45, 7) is 3.12. The number of nitrogens with one attached hydrogen (secondary N) is 1. The third-order valence-electron chi connectivity index (χ3n) is 2.49. The molecule has 2 amide bonds. The molecule has 0 radical (unpaired) electrons. The van der Waals surface area contributed by atoms with Crippen LogP contribution in [0, 0.1) is 0 Å². The van der Waals surface area contributed by atoms with Crippen molar-refractivity contribution in [2.75, 3.05) is 4.90 Å². The van der Waals surface area contributed by atoms with Crippen molar-refractivity contribution in [3.63, 3.8) is 0 Å². The summed E-state index contributed by atoms with van der Waals surface area (Å²) >= 11 is 0. The Hall–Kier alpha value is -2.17. The van der Waals surface area contributed by atoms with Crippen molar-refractivity contribution in [2.24, 2.45) is 4.99 Å². The number of amidine groups is 1. The van der Waals surface area contributed by atoms with Gasteiger partial charge in [0.25, 0.3) is 5.91 Å². The van der Waals surface area contributed by atoms with Crippen molar-refractivity contribution < 1.29 is 9.59 Å². The van der Waals surface area contributed by atoms with E-state index in [4.69, 9.17) is 0 Å². The maximum atomic E-state index is 11.7. The van der Waals surface area contributed by atoms with Crippen molar-refractivity contribution in [2.45, 2.75) is 20.0 Å². The zero-order valence-corrected chi connectivity index (χ0v) is 9.68. The Kier molecular flexibility index (Phi) is 2.91. The minimum absolute atomic E-state index is 0.255. The standard InChI is InChI=1S/C12H13N3O2/c1-8-13-12(17)11(14-9(2)16)15(8)10-6-4-3-5-7-10/h3-7,11H,1-2H3,(H,14,16). The molecule has 17 heavy (non-hydrogen) atoms. The Morgan fingerprint density at radius 3 is 2.59 bits per heavy atom. The smallest absolute Gasteiger partial charge is 0.291 e. The van der Waals surface area contributed by atoms with Crippen LogP contribution in [-0.4, -0.2) is 23.8 Å². The number of para-hydroxylation sites is 1. The summed E-state index contributed by atoms with van der Waals surface area (Å²) in [6, 6.07) is 9.37. The summed E-state index contributed by atoms with van der Waals surface area (Å²) in [4.78, 5) is 28.3. The summed E-state index contributed by atoms with van der Waals surface area (Å²) in [6.07, 6.45) is -0.727. The number of nitrogens with zero attached hydrogens (tertiary/aromatic N) is 2. The van der Waals surface area contributed by atoms with Crippen LogP contribution in [0.3, 0.4) is 0 Å². The molecule has 0 saturated heterocycles. The van der Waals surface area contributed by atoms with Crippen LogP contribution in [0.5, 0.6) is 0 Å². The number of carbonyl (C=O) groups is 2. The van der Waals surface area contributed by atoms with E-state index >= 15 is 0 Å². The average molecular weight is 231 g/mol. The number of hydrogen-bond donors (Lipinski definition) is 1. The Morgan fingerprint density at radius 2 is 2.00 bits per heavy atom. The van der Waals surface area contributed by atoms with Crippen LogP contribution in [0.2, 0.25) is 0 Å². The number of hydrogen-bond acceptors (Lipinski definition) is 3. The molecule has 88 valence electrons. The quantitative estimate of drug-likeness (QED) is 0.823. The number of rotatable bonds is 2. The molecule has 1 unspecified atom stereocenters. The zero-order valence-electron chi connectivity index (χ0n) is 9.68. The van der Waals surface area contributed by atoms with Gasteiger partial charge in [0, 0.05) is 12.6 Å². The van der Waals surface area contributed by atoms with Gasteiger partial charge in [0.05, 0.1) is 0 Å². The predicted octanol–water partition coefficient (Wildman–Crippen LogP) is 0.914. The van der Waals surface area contributed by atoms with Gasteiger partial charge in [-0.25, -0.2) is 0 Å². The first-order chi connectivity index (χ1) is 8.09. The second-order valence-electron chi connectivity index (χ2n) is 3.81. The topological polar surface area (TPSA) is 61.8 Å². The highest BCUT2D eigenvalue weighted by Gasteiger charge is 2.34. The minimum Gasteiger partial charge on any atom is -0.328 e. The number of amides is 2. The van der Waals surface area contributed by atoms with Crippen molar-refractivity contribution in [3.8, 4) is 0 Å². The van der Waals surface area contributed by atoms with E-state index in [2.05, 4.69) is 10.3 Å². The third-order valence-corrected chi connectivity index (χ3v) is 2.49. The van der Waals surface area contributed by atoms with Crippen LogP contribution >= 0.6 is 0 Å². The number of anilines is 1. The molecule has 0 saturated carbocycles. The first-order valence-corrected chi connectivity index (χ1v) is 5.30. The number of carbonyl (C=O) groups excluding carboxylic acids is 2. The molecule has 0 aliphatic carbocycles. The molecule has 1 heterocycles. The van der Waals surface area contributed by atoms with Crippen molar-refractivity contribution in [3.05, 3.63) is 30.3 Å². The molecule has 0 fully saturated rings. The molecule has 1 aromatic carbocycles. The lowest BCUT2D eigenvalue weighted by Gasteiger charge is -2.25. The highest BCUT2D eigenvalue weighted by atomic mass is 16.2. The molecule has 1 aliphatic rings. The van der Waals surface area contributed by atoms with Crippen LogP contribution < -0.4 is 10.2 Å². The van der Waals surface area contributed by atoms with E-state index in [0.29, 0.717) is 5.84 Å². The average Bonchev–Trinajstić information content (AvgIpc) is 2.54. The fourth-order valence-electron chi connectivity index (χ4n) is 1.82. The summed E-state index contributed by atoms with van der Waals surface area (Å²) in [5.74, 6) is -0.0179. The molecular weight excluding hydrogens is 218 g/mol. The first-order valence-electron chi connectivity index (χ1n) is 5.30. The van der Waals surface area contributed by atoms with Gasteiger partial charge in [-0.05, 0) is 19.1 Å². The molecule has 0 aromatic heterocycles. The van der Waals surface area contributed by atoms with E-state index in [1.807, 2.05) is 30.3 Å². The van der Waals surface area contributed by atoms with Gasteiger partial charge in [-0.2, -0.15) is 4.99 Å². The van der Waals surface area contributed by atoms with E-state index in [-0.39, 0.29) is 11.8 Å². The fourth-order valence-corrected chi connectivity index (χ4v) is 1.82. The molecule has 5 nitrogen and oxygen atoms in total. The highest BCUT2D eigenvalue weighted by molar-refractivity contribution is 6.14. The Morgan fingerprint density at radius 1 is 1.35 bits per heavy atom. The van der Waals surface area contributed by atoms with E-state index in [1.54, 1.807) is 11.8 Å². The van der Waals surface area contributed by atoms with Gasteiger partial charge in [0.2, 0.25) is 5.91 Å². The first kappa shape index (κ1) is 11.3. The van der Waals surface area contributed by atoms with Gasteiger partial charge in [-0.15, -0.1) is 0 Å². The van der Waals surface area contributed by atoms with Gasteiger partial charge in [0.1, 0.15) is 5.84 Å². The number of aliphatic imine (C=N–C) groups is 1. The second kappa shape index (κ2) is 4.37. The summed E-state index contributed by atoms with van der Waals surface area (Å²) in [7, 11) is 0. The van der Waals surface area contributed by atoms with Crippen LogP contribution in [-0.2, 0) is 9.59 Å². The van der Waals surface area contributed by atoms with E-state index < -0.39 is 6.17 Å². The molecule has 2 rings (SSSR count). The molecular formula is C12H13N3O2. The molecule has 1 atom stereocenters. The molecule has 1 aliphatic heterocycles. The Balaban J connectivity index is 2.33. The minimum atomic E-state index is -0.727. The van der Waals surface area contributed by atoms with Crippen LogP contribution in [0.25, 0.3) is 0 Å². The maximum absolute atomic E-state index is 11.7. The Bertz CT molecular complexity index is 482. The molecule has 1 aromatic rings. The van der Waals surface area contributed by atoms with Crippen molar-refractivity contribution in [1.82, 2.24) is 5.32 Å². The molecule has 5 heteroatoms. The summed E-state index contributed by atoms with van der Waals surface area (Å²) in [5, 5.41) is 2.59. The normalized spacial score (nSPS) is 19.2. The summed E-state index contributed by atoms with van der Waals surface area (Å²) in [5.41, 5.74) is 0.832. The van der Waals surface area contributed by atoms with E-state index in [9.17, 15) is 9.59 Å². The molecule has 0 bridgehead atoms. The Labute approximate surface area is 99.1 Å². The lowest BCUT2D eigenvalue weighted by atomic mass is 10.2. The maximum Gasteiger partial charge on any atom is 0.291 e. The van der Waals surface area contributed by atoms with E-state index in [1.165, 1.54) is 6.92 Å². The largest absolute Gasteiger partial charge is 0.328 e. The number of benzene rings is 1. The van der Waals surface area contributed by atoms with Crippen LogP contribution in [0.1, 0.15) is 13.8 Å². The van der Waals surface area contributed by atoms with E-state index in [0.717, 1.165) is 5.69 Å². The third kappa shape index (κ3) is 2.18. The van der Waals surface area contributed by atoms with Crippen LogP contribution in [0.15, 0.2) is 35.3 Å². The lowest BCUT2D eigenvalue weighted by Crippen LogP contribution is -2.49. The second-order valence-corrected chi connectivity index (χ2v) is 3.81.